The highest BCUT2D eigenvalue weighted by Gasteiger charge is 2.37. The van der Waals surface area contributed by atoms with Crippen molar-refractivity contribution in [1.29, 1.82) is 0 Å². The second-order valence-corrected chi connectivity index (χ2v) is 8.94. The first kappa shape index (κ1) is 21.2. The smallest absolute Gasteiger partial charge is 0.242 e. The molecule has 0 radical (unpaired) electrons. The molecule has 0 saturated carbocycles. The Morgan fingerprint density at radius 1 is 1.25 bits per heavy atom. The molecule has 0 spiro atoms. The molecule has 2 aromatic rings. The maximum Gasteiger partial charge on any atom is 0.242 e. The lowest BCUT2D eigenvalue weighted by atomic mass is 10.1. The van der Waals surface area contributed by atoms with Crippen LogP contribution >= 0.6 is 39.9 Å². The van der Waals surface area contributed by atoms with Crippen molar-refractivity contribution < 1.29 is 18.7 Å². The number of carbonyl (C=O) groups is 1. The minimum absolute atomic E-state index is 0.0212. The predicted molar refractivity (Wildman–Crippen MR) is 116 cm³/mol. The number of hydrogen-bond donors (Lipinski definition) is 0. The predicted octanol–water partition coefficient (Wildman–Crippen LogP) is 4.59. The van der Waals surface area contributed by atoms with Crippen molar-refractivity contribution in [3.8, 4) is 5.75 Å². The van der Waals surface area contributed by atoms with Crippen LogP contribution < -0.4 is 4.74 Å². The van der Waals surface area contributed by atoms with E-state index in [1.807, 2.05) is 18.2 Å². The molecule has 1 aliphatic heterocycles. The van der Waals surface area contributed by atoms with Gasteiger partial charge in [-0.25, -0.2) is 4.39 Å². The van der Waals surface area contributed by atoms with E-state index in [0.717, 1.165) is 10.0 Å². The van der Waals surface area contributed by atoms with Crippen LogP contribution in [0.3, 0.4) is 0 Å². The van der Waals surface area contributed by atoms with Crippen LogP contribution in [0, 0.1) is 5.82 Å². The summed E-state index contributed by atoms with van der Waals surface area (Å²) < 4.78 is 26.2. The van der Waals surface area contributed by atoms with Crippen molar-refractivity contribution in [2.24, 2.45) is 0 Å². The summed E-state index contributed by atoms with van der Waals surface area (Å²) in [6.07, 6.45) is 0.471. The van der Waals surface area contributed by atoms with E-state index in [9.17, 15) is 9.18 Å². The number of halogens is 2. The lowest BCUT2D eigenvalue weighted by molar-refractivity contribution is -0.126. The molecule has 1 heterocycles. The third-order valence-corrected chi connectivity index (χ3v) is 6.37. The number of methoxy groups -OCH3 is 1. The van der Waals surface area contributed by atoms with Gasteiger partial charge in [0.1, 0.15) is 22.5 Å². The summed E-state index contributed by atoms with van der Waals surface area (Å²) in [6, 6.07) is 12.1. The van der Waals surface area contributed by atoms with Crippen LogP contribution in [0.2, 0.25) is 0 Å². The minimum atomic E-state index is -0.311. The fourth-order valence-corrected chi connectivity index (χ4v) is 4.81. The number of carbonyl (C=O) groups excluding carboxylic acids is 1. The van der Waals surface area contributed by atoms with E-state index in [1.165, 1.54) is 17.8 Å². The standard InChI is InChI=1S/C20H19BrFNO3S2/c1-25-9-8-23-19(24)18(28-20(23)27)11-14-10-15(21)6-7-17(14)26-12-13-4-2-3-5-16(13)22/h2-7,10,18H,8-9,11-12H2,1H3/t18-/m0/s1. The van der Waals surface area contributed by atoms with Gasteiger partial charge < -0.3 is 9.47 Å². The van der Waals surface area contributed by atoms with Crippen LogP contribution in [-0.2, 0) is 22.6 Å². The van der Waals surface area contributed by atoms with Crippen LogP contribution in [0.4, 0.5) is 4.39 Å². The summed E-state index contributed by atoms with van der Waals surface area (Å²) >= 11 is 10.2. The lowest BCUT2D eigenvalue weighted by Crippen LogP contribution is -2.34. The molecule has 2 aromatic carbocycles. The molecule has 0 aromatic heterocycles. The number of ether oxygens (including phenoxy) is 2. The van der Waals surface area contributed by atoms with Crippen molar-refractivity contribution in [1.82, 2.24) is 4.90 Å². The topological polar surface area (TPSA) is 38.8 Å². The van der Waals surface area contributed by atoms with Crippen LogP contribution in [0.1, 0.15) is 11.1 Å². The maximum absolute atomic E-state index is 13.9. The number of thioether (sulfide) groups is 1. The highest BCUT2D eigenvalue weighted by atomic mass is 79.9. The van der Waals surface area contributed by atoms with E-state index < -0.39 is 0 Å². The fraction of sp³-hybridized carbons (Fsp3) is 0.300. The zero-order valence-electron chi connectivity index (χ0n) is 15.2. The van der Waals surface area contributed by atoms with Gasteiger partial charge in [-0.15, -0.1) is 0 Å². The van der Waals surface area contributed by atoms with Gasteiger partial charge in [-0.05, 0) is 36.2 Å². The Bertz CT molecular complexity index is 880. The summed E-state index contributed by atoms with van der Waals surface area (Å²) in [5.41, 5.74) is 1.35. The third-order valence-electron chi connectivity index (χ3n) is 4.29. The Hall–Kier alpha value is -1.48. The van der Waals surface area contributed by atoms with E-state index in [-0.39, 0.29) is 23.6 Å². The van der Waals surface area contributed by atoms with Gasteiger partial charge in [0.15, 0.2) is 0 Å². The number of benzene rings is 2. The highest BCUT2D eigenvalue weighted by molar-refractivity contribution is 9.10. The van der Waals surface area contributed by atoms with Gasteiger partial charge in [0, 0.05) is 17.1 Å². The molecule has 1 atom stereocenters. The molecule has 1 fully saturated rings. The van der Waals surface area contributed by atoms with Gasteiger partial charge in [-0.2, -0.15) is 0 Å². The molecule has 4 nitrogen and oxygen atoms in total. The molecule has 3 rings (SSSR count). The molecule has 1 saturated heterocycles. The molecule has 28 heavy (non-hydrogen) atoms. The van der Waals surface area contributed by atoms with Crippen LogP contribution in [0.25, 0.3) is 0 Å². The first-order valence-electron chi connectivity index (χ1n) is 8.65. The first-order chi connectivity index (χ1) is 13.5. The second kappa shape index (κ2) is 9.82. The van der Waals surface area contributed by atoms with Crippen molar-refractivity contribution in [2.45, 2.75) is 18.3 Å². The number of hydrogen-bond acceptors (Lipinski definition) is 5. The van der Waals surface area contributed by atoms with E-state index >= 15 is 0 Å². The molecule has 0 bridgehead atoms. The van der Waals surface area contributed by atoms with Crippen molar-refractivity contribution >= 4 is 50.1 Å². The average molecular weight is 484 g/mol. The summed E-state index contributed by atoms with van der Waals surface area (Å²) in [4.78, 5) is 14.3. The largest absolute Gasteiger partial charge is 0.489 e. The van der Waals surface area contributed by atoms with Gasteiger partial charge in [0.2, 0.25) is 5.91 Å². The lowest BCUT2D eigenvalue weighted by Gasteiger charge is -2.16. The Labute approximate surface area is 181 Å². The van der Waals surface area contributed by atoms with E-state index in [0.29, 0.717) is 35.2 Å². The van der Waals surface area contributed by atoms with Gasteiger partial charge in [-0.3, -0.25) is 9.69 Å². The second-order valence-electron chi connectivity index (χ2n) is 6.19. The average Bonchev–Trinajstić information content (AvgIpc) is 2.93. The van der Waals surface area contributed by atoms with E-state index in [4.69, 9.17) is 21.7 Å². The van der Waals surface area contributed by atoms with Crippen LogP contribution in [0.5, 0.6) is 5.75 Å². The van der Waals surface area contributed by atoms with Gasteiger partial charge in [0.25, 0.3) is 0 Å². The Kier molecular flexibility index (Phi) is 7.45. The van der Waals surface area contributed by atoms with Gasteiger partial charge in [-0.1, -0.05) is 58.1 Å². The normalized spacial score (nSPS) is 16.7. The number of rotatable bonds is 8. The molecule has 0 aliphatic carbocycles. The number of thiocarbonyl (C=S) groups is 1. The number of amides is 1. The van der Waals surface area contributed by atoms with Gasteiger partial charge in [0.05, 0.1) is 18.4 Å². The van der Waals surface area contributed by atoms with Crippen molar-refractivity contribution in [3.63, 3.8) is 0 Å². The van der Waals surface area contributed by atoms with E-state index in [2.05, 4.69) is 15.9 Å². The third kappa shape index (κ3) is 5.11. The molecule has 1 aliphatic rings. The minimum Gasteiger partial charge on any atom is -0.489 e. The summed E-state index contributed by atoms with van der Waals surface area (Å²) in [7, 11) is 1.59. The highest BCUT2D eigenvalue weighted by Crippen LogP contribution is 2.33. The summed E-state index contributed by atoms with van der Waals surface area (Å²) in [6.45, 7) is 1.01. The number of nitrogens with zero attached hydrogens (tertiary/aromatic N) is 1. The monoisotopic (exact) mass is 483 g/mol. The molecular weight excluding hydrogens is 465 g/mol. The first-order valence-corrected chi connectivity index (χ1v) is 10.7. The SMILES string of the molecule is COCCN1C(=O)[C@H](Cc2cc(Br)ccc2OCc2ccccc2F)SC1=S. The Morgan fingerprint density at radius 3 is 2.79 bits per heavy atom. The zero-order valence-corrected chi connectivity index (χ0v) is 18.4. The van der Waals surface area contributed by atoms with Crippen molar-refractivity contribution in [3.05, 3.63) is 63.9 Å². The summed E-state index contributed by atoms with van der Waals surface area (Å²) in [5.74, 6) is 0.301. The quantitative estimate of drug-likeness (QED) is 0.513. The van der Waals surface area contributed by atoms with Crippen LogP contribution in [-0.4, -0.2) is 40.6 Å². The molecule has 1 amide bonds. The summed E-state index contributed by atoms with van der Waals surface area (Å²) in [5, 5.41) is -0.311. The Morgan fingerprint density at radius 2 is 2.04 bits per heavy atom. The molecule has 0 unspecified atom stereocenters. The van der Waals surface area contributed by atoms with E-state index in [1.54, 1.807) is 30.2 Å². The maximum atomic E-state index is 13.9. The molecule has 8 heteroatoms. The molecular formula is C20H19BrFNO3S2. The van der Waals surface area contributed by atoms with Gasteiger partial charge >= 0.3 is 0 Å². The zero-order chi connectivity index (χ0) is 20.1. The van der Waals surface area contributed by atoms with Crippen LogP contribution in [0.15, 0.2) is 46.9 Å². The fourth-order valence-electron chi connectivity index (χ4n) is 2.83. The molecule has 148 valence electrons. The Balaban J connectivity index is 1.73. The molecule has 0 N–H and O–H groups in total. The van der Waals surface area contributed by atoms with Crippen molar-refractivity contribution in [2.75, 3.05) is 20.3 Å².